The molecule has 0 aliphatic heterocycles. The zero-order valence-electron chi connectivity index (χ0n) is 17.4. The minimum atomic E-state index is -0.909. The standard InChI is InChI=1S/C23H17ClF2N4O2/c1-12-8-19-22(28-13(12)2)23(31)21(17(26)9-14-6-7-27-20(10-14)32-3)29-30(19)18-5-4-15(24)11-16(18)25/h4-11H,1-3H3/b17-9-. The summed E-state index contributed by atoms with van der Waals surface area (Å²) in [6, 6.07) is 8.72. The smallest absolute Gasteiger partial charge is 0.236 e. The third kappa shape index (κ3) is 3.97. The topological polar surface area (TPSA) is 69.9 Å². The van der Waals surface area contributed by atoms with Crippen molar-refractivity contribution in [1.29, 1.82) is 0 Å². The molecule has 0 amide bonds. The number of hydrogen-bond acceptors (Lipinski definition) is 5. The summed E-state index contributed by atoms with van der Waals surface area (Å²) in [5, 5.41) is 4.36. The van der Waals surface area contributed by atoms with Gasteiger partial charge in [-0.2, -0.15) is 5.10 Å². The van der Waals surface area contributed by atoms with Crippen LogP contribution in [0.2, 0.25) is 5.02 Å². The Morgan fingerprint density at radius 2 is 1.97 bits per heavy atom. The molecule has 3 aromatic heterocycles. The predicted molar refractivity (Wildman–Crippen MR) is 119 cm³/mol. The molecule has 0 saturated heterocycles. The van der Waals surface area contributed by atoms with Gasteiger partial charge in [-0.1, -0.05) is 11.6 Å². The molecule has 0 aliphatic carbocycles. The lowest BCUT2D eigenvalue weighted by Gasteiger charge is -2.13. The van der Waals surface area contributed by atoms with Gasteiger partial charge in [-0.25, -0.2) is 23.4 Å². The van der Waals surface area contributed by atoms with E-state index in [1.165, 1.54) is 31.5 Å². The number of ether oxygens (including phenoxy) is 1. The Morgan fingerprint density at radius 1 is 1.19 bits per heavy atom. The highest BCUT2D eigenvalue weighted by molar-refractivity contribution is 6.30. The Balaban J connectivity index is 2.01. The van der Waals surface area contributed by atoms with Gasteiger partial charge in [0.2, 0.25) is 11.3 Å². The van der Waals surface area contributed by atoms with E-state index in [0.29, 0.717) is 11.3 Å². The number of fused-ring (bicyclic) bond motifs is 1. The van der Waals surface area contributed by atoms with Crippen LogP contribution >= 0.6 is 11.6 Å². The Labute approximate surface area is 186 Å². The summed E-state index contributed by atoms with van der Waals surface area (Å²) in [4.78, 5) is 21.4. The molecule has 4 aromatic rings. The van der Waals surface area contributed by atoms with Crippen molar-refractivity contribution < 1.29 is 13.5 Å². The summed E-state index contributed by atoms with van der Waals surface area (Å²) in [6.07, 6.45) is 2.57. The van der Waals surface area contributed by atoms with Crippen LogP contribution in [-0.4, -0.2) is 26.9 Å². The zero-order chi connectivity index (χ0) is 23.0. The van der Waals surface area contributed by atoms with Gasteiger partial charge in [0.05, 0.1) is 12.6 Å². The average molecular weight is 455 g/mol. The highest BCUT2D eigenvalue weighted by Gasteiger charge is 2.19. The average Bonchev–Trinajstić information content (AvgIpc) is 2.76. The van der Waals surface area contributed by atoms with Crippen LogP contribution in [0, 0.1) is 19.7 Å². The van der Waals surface area contributed by atoms with Crippen molar-refractivity contribution in [1.82, 2.24) is 19.7 Å². The van der Waals surface area contributed by atoms with Gasteiger partial charge in [0.25, 0.3) is 0 Å². The van der Waals surface area contributed by atoms with Gasteiger partial charge in [0.15, 0.2) is 11.5 Å². The number of benzene rings is 1. The highest BCUT2D eigenvalue weighted by atomic mass is 35.5. The van der Waals surface area contributed by atoms with Crippen LogP contribution in [0.4, 0.5) is 8.78 Å². The fourth-order valence-electron chi connectivity index (χ4n) is 3.16. The molecule has 0 N–H and O–H groups in total. The number of nitrogens with zero attached hydrogens (tertiary/aromatic N) is 4. The maximum Gasteiger partial charge on any atom is 0.236 e. The van der Waals surface area contributed by atoms with Gasteiger partial charge < -0.3 is 4.74 Å². The number of hydrogen-bond donors (Lipinski definition) is 0. The van der Waals surface area contributed by atoms with Crippen molar-refractivity contribution in [2.24, 2.45) is 0 Å². The van der Waals surface area contributed by atoms with Crippen LogP contribution in [-0.2, 0) is 0 Å². The van der Waals surface area contributed by atoms with E-state index in [-0.39, 0.29) is 27.6 Å². The van der Waals surface area contributed by atoms with Crippen molar-refractivity contribution in [2.75, 3.05) is 7.11 Å². The summed E-state index contributed by atoms with van der Waals surface area (Å²) < 4.78 is 36.2. The van der Waals surface area contributed by atoms with Crippen LogP contribution in [0.15, 0.2) is 47.4 Å². The van der Waals surface area contributed by atoms with Gasteiger partial charge in [0, 0.05) is 23.0 Å². The third-order valence-electron chi connectivity index (χ3n) is 4.93. The first-order valence-electron chi connectivity index (χ1n) is 9.53. The van der Waals surface area contributed by atoms with E-state index in [1.807, 2.05) is 0 Å². The van der Waals surface area contributed by atoms with E-state index in [4.69, 9.17) is 16.3 Å². The van der Waals surface area contributed by atoms with E-state index in [0.717, 1.165) is 22.4 Å². The maximum absolute atomic E-state index is 15.3. The Bertz CT molecular complexity index is 1450. The minimum absolute atomic E-state index is 0.00378. The largest absolute Gasteiger partial charge is 0.481 e. The molecule has 0 saturated carbocycles. The molecule has 4 rings (SSSR count). The lowest BCUT2D eigenvalue weighted by Crippen LogP contribution is -2.19. The molecule has 0 atom stereocenters. The van der Waals surface area contributed by atoms with Crippen LogP contribution in [0.3, 0.4) is 0 Å². The van der Waals surface area contributed by atoms with E-state index < -0.39 is 22.8 Å². The Kier molecular flexibility index (Phi) is 5.71. The first kappa shape index (κ1) is 21.6. The second-order valence-corrected chi connectivity index (χ2v) is 7.50. The lowest BCUT2D eigenvalue weighted by atomic mass is 10.1. The van der Waals surface area contributed by atoms with Crippen LogP contribution in [0.5, 0.6) is 5.88 Å². The SMILES string of the molecule is COc1cc(/C=C(\F)c2nn(-c3ccc(Cl)cc3F)c3cc(C)c(C)nc3c2=O)ccn1. The quantitative estimate of drug-likeness (QED) is 0.431. The second-order valence-electron chi connectivity index (χ2n) is 7.07. The molecular weight excluding hydrogens is 438 g/mol. The molecule has 0 unspecified atom stereocenters. The molecule has 6 nitrogen and oxygen atoms in total. The van der Waals surface area contributed by atoms with Crippen molar-refractivity contribution in [3.8, 4) is 11.6 Å². The first-order chi connectivity index (χ1) is 15.3. The van der Waals surface area contributed by atoms with Crippen molar-refractivity contribution in [2.45, 2.75) is 13.8 Å². The van der Waals surface area contributed by atoms with E-state index in [1.54, 1.807) is 26.0 Å². The number of rotatable bonds is 4. The van der Waals surface area contributed by atoms with Crippen LogP contribution in [0.1, 0.15) is 22.5 Å². The molecule has 9 heteroatoms. The Hall–Kier alpha value is -3.65. The summed E-state index contributed by atoms with van der Waals surface area (Å²) in [5.74, 6) is -1.30. The Morgan fingerprint density at radius 3 is 2.69 bits per heavy atom. The number of methoxy groups -OCH3 is 1. The molecule has 0 radical (unpaired) electrons. The number of pyridine rings is 2. The van der Waals surface area contributed by atoms with E-state index in [2.05, 4.69) is 15.1 Å². The molecule has 0 spiro atoms. The number of aryl methyl sites for hydroxylation is 2. The summed E-state index contributed by atoms with van der Waals surface area (Å²) in [6.45, 7) is 3.54. The van der Waals surface area contributed by atoms with Gasteiger partial charge >= 0.3 is 0 Å². The third-order valence-corrected chi connectivity index (χ3v) is 5.17. The molecule has 0 aliphatic rings. The fraction of sp³-hybridized carbons (Fsp3) is 0.130. The zero-order valence-corrected chi connectivity index (χ0v) is 18.1. The van der Waals surface area contributed by atoms with Crippen molar-refractivity contribution in [3.05, 3.63) is 86.2 Å². The molecular formula is C23H17ClF2N4O2. The normalized spacial score (nSPS) is 11.8. The van der Waals surface area contributed by atoms with Crippen molar-refractivity contribution >= 4 is 34.5 Å². The van der Waals surface area contributed by atoms with Crippen LogP contribution in [0.25, 0.3) is 28.6 Å². The van der Waals surface area contributed by atoms with Crippen molar-refractivity contribution in [3.63, 3.8) is 0 Å². The van der Waals surface area contributed by atoms with Crippen LogP contribution < -0.4 is 10.2 Å². The monoisotopic (exact) mass is 454 g/mol. The second kappa shape index (κ2) is 8.47. The van der Waals surface area contributed by atoms with Gasteiger partial charge in [-0.05, 0) is 61.4 Å². The summed E-state index contributed by atoms with van der Waals surface area (Å²) in [7, 11) is 1.44. The molecule has 3 heterocycles. The predicted octanol–water partition coefficient (Wildman–Crippen LogP) is 5.06. The van der Waals surface area contributed by atoms with Gasteiger partial charge in [-0.3, -0.25) is 4.79 Å². The summed E-state index contributed by atoms with van der Waals surface area (Å²) in [5.41, 5.74) is 0.802. The summed E-state index contributed by atoms with van der Waals surface area (Å²) >= 11 is 5.87. The minimum Gasteiger partial charge on any atom is -0.481 e. The fourth-order valence-corrected chi connectivity index (χ4v) is 3.32. The molecule has 1 aromatic carbocycles. The number of aromatic nitrogens is 4. The lowest BCUT2D eigenvalue weighted by molar-refractivity contribution is 0.398. The van der Waals surface area contributed by atoms with E-state index in [9.17, 15) is 9.18 Å². The molecule has 0 fully saturated rings. The van der Waals surface area contributed by atoms with Gasteiger partial charge in [0.1, 0.15) is 17.0 Å². The maximum atomic E-state index is 15.3. The highest BCUT2D eigenvalue weighted by Crippen LogP contribution is 2.24. The molecule has 0 bridgehead atoms. The van der Waals surface area contributed by atoms with E-state index >= 15 is 4.39 Å². The number of halogens is 3. The van der Waals surface area contributed by atoms with Gasteiger partial charge in [-0.15, -0.1) is 0 Å². The molecule has 32 heavy (non-hydrogen) atoms. The molecule has 162 valence electrons. The first-order valence-corrected chi connectivity index (χ1v) is 9.90.